The molecule has 0 spiro atoms. The number of nitriles is 1. The second-order valence-electron chi connectivity index (χ2n) is 7.88. The minimum atomic E-state index is -4.85. The summed E-state index contributed by atoms with van der Waals surface area (Å²) < 4.78 is 56.5. The number of amides is 1. The van der Waals surface area contributed by atoms with Crippen molar-refractivity contribution < 1.29 is 36.8 Å². The van der Waals surface area contributed by atoms with Crippen molar-refractivity contribution >= 4 is 23.0 Å². The molecule has 2 aliphatic carbocycles. The van der Waals surface area contributed by atoms with Gasteiger partial charge in [0.05, 0.1) is 29.8 Å². The lowest BCUT2D eigenvalue weighted by atomic mass is 9.94. The molecule has 1 aromatic rings. The van der Waals surface area contributed by atoms with Crippen molar-refractivity contribution in [3.63, 3.8) is 0 Å². The van der Waals surface area contributed by atoms with Crippen LogP contribution in [0.15, 0.2) is 47.3 Å². The summed E-state index contributed by atoms with van der Waals surface area (Å²) >= 11 is 0. The maximum Gasteiger partial charge on any atom is 0.572 e. The van der Waals surface area contributed by atoms with E-state index >= 15 is 4.39 Å². The molecule has 1 heterocycles. The molecule has 176 valence electrons. The van der Waals surface area contributed by atoms with Crippen LogP contribution in [0.25, 0.3) is 5.57 Å². The van der Waals surface area contributed by atoms with E-state index in [1.165, 1.54) is 12.1 Å². The maximum atomic E-state index is 15.0. The molecule has 2 atom stereocenters. The van der Waals surface area contributed by atoms with Crippen molar-refractivity contribution in [2.24, 2.45) is 5.92 Å². The van der Waals surface area contributed by atoms with Gasteiger partial charge in [-0.05, 0) is 35.8 Å². The van der Waals surface area contributed by atoms with Gasteiger partial charge in [-0.3, -0.25) is 24.6 Å². The summed E-state index contributed by atoms with van der Waals surface area (Å²) in [7, 11) is 0. The molecule has 0 N–H and O–H groups in total. The Balaban J connectivity index is 1.65. The van der Waals surface area contributed by atoms with Gasteiger partial charge >= 0.3 is 6.36 Å². The number of carbonyl (C=O) groups excluding carboxylic acids is 2. The van der Waals surface area contributed by atoms with Gasteiger partial charge in [0, 0.05) is 23.3 Å². The van der Waals surface area contributed by atoms with E-state index in [1.807, 2.05) is 0 Å². The third-order valence-corrected chi connectivity index (χ3v) is 5.81. The summed E-state index contributed by atoms with van der Waals surface area (Å²) in [5.74, 6) is -4.04. The molecule has 8 nitrogen and oxygen atoms in total. The SMILES string of the molecule is N#CC1CC([N+](=O)[O-])C2=C1C(=O)N(c1ccc(C3=CCCC(OC(F)(F)F)=C3)cc1F)CC2=O. The molecule has 0 bridgehead atoms. The van der Waals surface area contributed by atoms with Crippen LogP contribution in [0.4, 0.5) is 23.2 Å². The Kier molecular flexibility index (Phi) is 5.72. The van der Waals surface area contributed by atoms with E-state index in [4.69, 9.17) is 0 Å². The standard InChI is InChI=1S/C22H15F4N3O5/c23-15-7-12(11-2-1-3-14(6-11)34-22(24,25)26)4-5-16(15)28-10-18(30)20-17(29(32)33)8-13(9-27)19(20)21(28)31/h2,4-7,13,17H,1,3,8,10H2. The normalized spacial score (nSPS) is 22.7. The first-order valence-electron chi connectivity index (χ1n) is 10.1. The van der Waals surface area contributed by atoms with Crippen molar-refractivity contribution in [1.82, 2.24) is 0 Å². The third-order valence-electron chi connectivity index (χ3n) is 5.81. The summed E-state index contributed by atoms with van der Waals surface area (Å²) in [5.41, 5.74) is -0.386. The summed E-state index contributed by atoms with van der Waals surface area (Å²) in [6, 6.07) is 3.89. The number of carbonyl (C=O) groups is 2. The van der Waals surface area contributed by atoms with Gasteiger partial charge in [-0.1, -0.05) is 12.1 Å². The number of halogens is 4. The van der Waals surface area contributed by atoms with Crippen molar-refractivity contribution in [1.29, 1.82) is 5.26 Å². The van der Waals surface area contributed by atoms with Crippen molar-refractivity contribution in [3.8, 4) is 6.07 Å². The van der Waals surface area contributed by atoms with Crippen LogP contribution < -0.4 is 4.90 Å². The molecule has 0 aromatic heterocycles. The maximum absolute atomic E-state index is 15.0. The average molecular weight is 477 g/mol. The first kappa shape index (κ1) is 23.2. The van der Waals surface area contributed by atoms with Crippen LogP contribution in [0.5, 0.6) is 0 Å². The fraction of sp³-hybridized carbons (Fsp3) is 0.318. The van der Waals surface area contributed by atoms with E-state index in [0.717, 1.165) is 17.0 Å². The molecular formula is C22H15F4N3O5. The third kappa shape index (κ3) is 4.16. The van der Waals surface area contributed by atoms with E-state index in [-0.39, 0.29) is 53.0 Å². The number of anilines is 1. The van der Waals surface area contributed by atoms with Gasteiger partial charge in [0.15, 0.2) is 5.78 Å². The Morgan fingerprint density at radius 3 is 2.59 bits per heavy atom. The molecule has 3 aliphatic rings. The number of ether oxygens (including phenoxy) is 1. The largest absolute Gasteiger partial charge is 0.572 e. The van der Waals surface area contributed by atoms with Crippen LogP contribution in [-0.2, 0) is 14.3 Å². The highest BCUT2D eigenvalue weighted by Gasteiger charge is 2.51. The first-order valence-corrected chi connectivity index (χ1v) is 10.1. The number of alkyl halides is 3. The molecule has 0 radical (unpaired) electrons. The number of benzene rings is 1. The lowest BCUT2D eigenvalue weighted by Gasteiger charge is -2.28. The van der Waals surface area contributed by atoms with E-state index in [1.54, 1.807) is 12.1 Å². The number of hydrogen-bond donors (Lipinski definition) is 0. The second-order valence-corrected chi connectivity index (χ2v) is 7.88. The van der Waals surface area contributed by atoms with Crippen LogP contribution in [0.1, 0.15) is 24.8 Å². The van der Waals surface area contributed by atoms with Crippen LogP contribution in [-0.4, -0.2) is 35.6 Å². The molecular weight excluding hydrogens is 462 g/mol. The van der Waals surface area contributed by atoms with E-state index < -0.39 is 47.3 Å². The first-order chi connectivity index (χ1) is 16.0. The zero-order chi connectivity index (χ0) is 24.8. The quantitative estimate of drug-likeness (QED) is 0.370. The molecule has 1 aromatic carbocycles. The zero-order valence-electron chi connectivity index (χ0n) is 17.3. The molecule has 0 fully saturated rings. The molecule has 12 heteroatoms. The highest BCUT2D eigenvalue weighted by molar-refractivity contribution is 6.20. The minimum Gasteiger partial charge on any atom is -0.410 e. The van der Waals surface area contributed by atoms with Gasteiger partial charge in [-0.2, -0.15) is 5.26 Å². The predicted octanol–water partition coefficient (Wildman–Crippen LogP) is 3.82. The molecule has 0 saturated carbocycles. The molecule has 1 aliphatic heterocycles. The van der Waals surface area contributed by atoms with Crippen molar-refractivity contribution in [2.45, 2.75) is 31.7 Å². The number of hydrogen-bond acceptors (Lipinski definition) is 6. The molecule has 34 heavy (non-hydrogen) atoms. The smallest absolute Gasteiger partial charge is 0.410 e. The molecule has 2 unspecified atom stereocenters. The van der Waals surface area contributed by atoms with Gasteiger partial charge in [-0.15, -0.1) is 13.2 Å². The summed E-state index contributed by atoms with van der Waals surface area (Å²) in [4.78, 5) is 37.1. The highest BCUT2D eigenvalue weighted by Crippen LogP contribution is 2.40. The van der Waals surface area contributed by atoms with Gasteiger partial charge < -0.3 is 4.74 Å². The summed E-state index contributed by atoms with van der Waals surface area (Å²) in [6.07, 6.45) is -2.15. The highest BCUT2D eigenvalue weighted by atomic mass is 19.4. The monoisotopic (exact) mass is 477 g/mol. The van der Waals surface area contributed by atoms with E-state index in [9.17, 15) is 38.1 Å². The lowest BCUT2D eigenvalue weighted by molar-refractivity contribution is -0.511. The predicted molar refractivity (Wildman–Crippen MR) is 108 cm³/mol. The molecule has 4 rings (SSSR count). The molecule has 1 amide bonds. The number of nitro groups is 1. The van der Waals surface area contributed by atoms with Gasteiger partial charge in [-0.25, -0.2) is 4.39 Å². The fourth-order valence-electron chi connectivity index (χ4n) is 4.39. The average Bonchev–Trinajstić information content (AvgIpc) is 3.16. The Hall–Kier alpha value is -4.01. The Morgan fingerprint density at radius 1 is 1.24 bits per heavy atom. The number of rotatable bonds is 4. The van der Waals surface area contributed by atoms with Gasteiger partial charge in [0.1, 0.15) is 11.6 Å². The van der Waals surface area contributed by atoms with E-state index in [2.05, 4.69) is 4.74 Å². The number of allylic oxidation sites excluding steroid dienone is 4. The number of ketones is 1. The molecule has 0 saturated heterocycles. The lowest BCUT2D eigenvalue weighted by Crippen LogP contribution is -2.44. The second kappa shape index (κ2) is 8.40. The van der Waals surface area contributed by atoms with Gasteiger partial charge in [0.2, 0.25) is 6.04 Å². The topological polar surface area (TPSA) is 114 Å². The Morgan fingerprint density at radius 2 is 1.97 bits per heavy atom. The number of Topliss-reactive ketones (excluding diaryl/α,β-unsaturated/α-hetero) is 1. The zero-order valence-corrected chi connectivity index (χ0v) is 17.3. The van der Waals surface area contributed by atoms with Crippen LogP contribution in [0.2, 0.25) is 0 Å². The van der Waals surface area contributed by atoms with Crippen molar-refractivity contribution in [2.75, 3.05) is 11.4 Å². The van der Waals surface area contributed by atoms with Gasteiger partial charge in [0.25, 0.3) is 5.91 Å². The van der Waals surface area contributed by atoms with Crippen LogP contribution >= 0.6 is 0 Å². The summed E-state index contributed by atoms with van der Waals surface area (Å²) in [6.45, 7) is -0.636. The van der Waals surface area contributed by atoms with Crippen LogP contribution in [0, 0.1) is 33.2 Å². The summed E-state index contributed by atoms with van der Waals surface area (Å²) in [5, 5.41) is 20.6. The Bertz CT molecular complexity index is 1240. The Labute approximate surface area is 189 Å². The minimum absolute atomic E-state index is 0.0244. The van der Waals surface area contributed by atoms with E-state index in [0.29, 0.717) is 0 Å². The van der Waals surface area contributed by atoms with Crippen LogP contribution in [0.3, 0.4) is 0 Å². The van der Waals surface area contributed by atoms with Crippen molar-refractivity contribution in [3.05, 3.63) is 68.8 Å². The number of nitrogens with zero attached hydrogens (tertiary/aromatic N) is 3. The fourth-order valence-corrected chi connectivity index (χ4v) is 4.39.